The van der Waals surface area contributed by atoms with Crippen molar-refractivity contribution in [3.63, 3.8) is 0 Å². The third kappa shape index (κ3) is 6.26. The van der Waals surface area contributed by atoms with E-state index < -0.39 is 0 Å². The summed E-state index contributed by atoms with van der Waals surface area (Å²) >= 11 is 3.68. The first-order valence-corrected chi connectivity index (χ1v) is 21.7. The van der Waals surface area contributed by atoms with Crippen molar-refractivity contribution in [1.82, 2.24) is 9.55 Å². The Kier molecular flexibility index (Phi) is 9.12. The minimum absolute atomic E-state index is 0. The van der Waals surface area contributed by atoms with E-state index in [2.05, 4.69) is 192 Å². The number of anilines is 7. The molecule has 0 unspecified atom stereocenters. The topological polar surface area (TPSA) is 36.8 Å². The summed E-state index contributed by atoms with van der Waals surface area (Å²) in [4.78, 5) is 16.7. The Labute approximate surface area is 378 Å². The summed E-state index contributed by atoms with van der Waals surface area (Å²) in [6, 6.07) is 60.8. The molecule has 7 aromatic carbocycles. The number of fused-ring (bicyclic) bond motifs is 8. The maximum atomic E-state index is 6.61. The summed E-state index contributed by atoms with van der Waals surface area (Å²) in [5.74, 6) is 2.07. The van der Waals surface area contributed by atoms with Crippen molar-refractivity contribution in [2.45, 2.75) is 45.8 Å². The van der Waals surface area contributed by atoms with E-state index in [0.29, 0.717) is 11.5 Å². The minimum atomic E-state index is -0.0178. The molecular weight excluding hydrogens is 970 g/mol. The SMILES string of the molecule is CC(C)(C)c1ccnc(-n2c3[c-]c(Oc4[c-]c(N5[CH-]N(c6cc7c8c(c6)Sc6ccccc6N8c6ccccc6S7)c6ccccc65)ccc4)ccc3c3ccccc32)c1.[Pt]. The molecule has 9 heteroatoms. The summed E-state index contributed by atoms with van der Waals surface area (Å²) in [5, 5.41) is 2.24. The smallest absolute Gasteiger partial charge is 0.135 e. The molecule has 3 aliphatic heterocycles. The second kappa shape index (κ2) is 14.6. The van der Waals surface area contributed by atoms with Crippen LogP contribution in [-0.2, 0) is 26.5 Å². The molecular formula is C52H36N5OPtS2-3. The molecule has 5 heterocycles. The van der Waals surface area contributed by atoms with E-state index in [1.54, 1.807) is 0 Å². The first kappa shape index (κ1) is 38.0. The third-order valence-corrected chi connectivity index (χ3v) is 13.6. The summed E-state index contributed by atoms with van der Waals surface area (Å²) < 4.78 is 8.80. The predicted octanol–water partition coefficient (Wildman–Crippen LogP) is 14.7. The largest absolute Gasteiger partial charge is 0.509 e. The number of hydrogen-bond acceptors (Lipinski definition) is 7. The van der Waals surface area contributed by atoms with E-state index in [0.717, 1.165) is 50.4 Å². The van der Waals surface area contributed by atoms with Gasteiger partial charge in [0.1, 0.15) is 5.82 Å². The quantitative estimate of drug-likeness (QED) is 0.159. The van der Waals surface area contributed by atoms with E-state index >= 15 is 0 Å². The maximum absolute atomic E-state index is 6.61. The van der Waals surface area contributed by atoms with Gasteiger partial charge in [0.2, 0.25) is 0 Å². The van der Waals surface area contributed by atoms with Crippen molar-refractivity contribution in [1.29, 1.82) is 0 Å². The zero-order chi connectivity index (χ0) is 40.1. The number of rotatable bonds is 5. The fourth-order valence-electron chi connectivity index (χ4n) is 8.59. The molecule has 3 aliphatic rings. The second-order valence-electron chi connectivity index (χ2n) is 16.2. The Morgan fingerprint density at radius 3 is 1.95 bits per heavy atom. The summed E-state index contributed by atoms with van der Waals surface area (Å²) in [6.07, 6.45) is 1.90. The average molecular weight is 1010 g/mol. The molecule has 12 rings (SSSR count). The molecule has 6 nitrogen and oxygen atoms in total. The average Bonchev–Trinajstić information content (AvgIpc) is 3.82. The number of pyridine rings is 1. The normalized spacial score (nSPS) is 13.7. The minimum Gasteiger partial charge on any atom is -0.509 e. The van der Waals surface area contributed by atoms with E-state index in [9.17, 15) is 0 Å². The molecule has 0 saturated heterocycles. The van der Waals surface area contributed by atoms with Crippen molar-refractivity contribution in [2.24, 2.45) is 0 Å². The van der Waals surface area contributed by atoms with Gasteiger partial charge in [0.15, 0.2) is 0 Å². The number of para-hydroxylation sites is 5. The Hall–Kier alpha value is -5.92. The van der Waals surface area contributed by atoms with Gasteiger partial charge < -0.3 is 24.0 Å². The van der Waals surface area contributed by atoms with Gasteiger partial charge in [0.25, 0.3) is 0 Å². The number of hydrogen-bond donors (Lipinski definition) is 0. The zero-order valence-corrected chi connectivity index (χ0v) is 37.3. The molecule has 9 aromatic rings. The van der Waals surface area contributed by atoms with Crippen LogP contribution in [0.2, 0.25) is 0 Å². The molecule has 61 heavy (non-hydrogen) atoms. The summed E-state index contributed by atoms with van der Waals surface area (Å²) in [7, 11) is 0. The molecule has 0 aliphatic carbocycles. The van der Waals surface area contributed by atoms with Gasteiger partial charge in [-0.05, 0) is 83.1 Å². The Balaban J connectivity index is 0.00000420. The fourth-order valence-corrected chi connectivity index (χ4v) is 10.9. The van der Waals surface area contributed by atoms with Crippen LogP contribution in [0.3, 0.4) is 0 Å². The van der Waals surface area contributed by atoms with Crippen LogP contribution in [0, 0.1) is 18.8 Å². The van der Waals surface area contributed by atoms with Gasteiger partial charge in [-0.1, -0.05) is 104 Å². The van der Waals surface area contributed by atoms with Crippen LogP contribution in [0.25, 0.3) is 27.6 Å². The van der Waals surface area contributed by atoms with Crippen LogP contribution in [-0.4, -0.2) is 9.55 Å². The summed E-state index contributed by atoms with van der Waals surface area (Å²) in [5.41, 5.74) is 11.0. The molecule has 0 spiro atoms. The van der Waals surface area contributed by atoms with E-state index in [4.69, 9.17) is 9.72 Å². The van der Waals surface area contributed by atoms with Crippen molar-refractivity contribution in [3.05, 3.63) is 182 Å². The van der Waals surface area contributed by atoms with Crippen LogP contribution in [0.1, 0.15) is 26.3 Å². The van der Waals surface area contributed by atoms with Crippen LogP contribution >= 0.6 is 23.5 Å². The van der Waals surface area contributed by atoms with Crippen molar-refractivity contribution < 1.29 is 25.8 Å². The summed E-state index contributed by atoms with van der Waals surface area (Å²) in [6.45, 7) is 8.85. The Bertz CT molecular complexity index is 3140. The van der Waals surface area contributed by atoms with Gasteiger partial charge in [0.05, 0.1) is 17.1 Å². The third-order valence-electron chi connectivity index (χ3n) is 11.4. The molecule has 0 amide bonds. The Morgan fingerprint density at radius 2 is 1.23 bits per heavy atom. The van der Waals surface area contributed by atoms with Gasteiger partial charge >= 0.3 is 0 Å². The molecule has 0 bridgehead atoms. The molecule has 0 radical (unpaired) electrons. The van der Waals surface area contributed by atoms with E-state index in [1.165, 1.54) is 42.2 Å². The first-order valence-electron chi connectivity index (χ1n) is 20.0. The molecule has 300 valence electrons. The van der Waals surface area contributed by atoms with Crippen molar-refractivity contribution in [3.8, 4) is 17.3 Å². The molecule has 0 fully saturated rings. The second-order valence-corrected chi connectivity index (χ2v) is 18.4. The van der Waals surface area contributed by atoms with Gasteiger partial charge in [-0.3, -0.25) is 0 Å². The fraction of sp³-hybridized carbons (Fsp3) is 0.0769. The van der Waals surface area contributed by atoms with E-state index in [1.807, 2.05) is 47.9 Å². The van der Waals surface area contributed by atoms with Crippen molar-refractivity contribution >= 4 is 85.1 Å². The van der Waals surface area contributed by atoms with Gasteiger partial charge in [0, 0.05) is 80.9 Å². The molecule has 2 aromatic heterocycles. The van der Waals surface area contributed by atoms with Crippen LogP contribution in [0.15, 0.2) is 177 Å². The Morgan fingerprint density at radius 1 is 0.590 bits per heavy atom. The number of benzene rings is 7. The van der Waals surface area contributed by atoms with Gasteiger partial charge in [-0.15, -0.1) is 48.1 Å². The first-order chi connectivity index (χ1) is 29.4. The van der Waals surface area contributed by atoms with Crippen LogP contribution in [0.5, 0.6) is 11.5 Å². The van der Waals surface area contributed by atoms with Gasteiger partial charge in [-0.2, -0.15) is 12.1 Å². The number of aromatic nitrogens is 2. The zero-order valence-electron chi connectivity index (χ0n) is 33.4. The molecule has 0 N–H and O–H groups in total. The van der Waals surface area contributed by atoms with E-state index in [-0.39, 0.29) is 26.5 Å². The number of nitrogens with zero attached hydrogens (tertiary/aromatic N) is 5. The standard InChI is InChI=1S/C52H36N5OS2.Pt/c1-52(2,3)33-25-26-53-50(27-33)56-40-16-5-4-15-38(40)39-24-23-37(31-45(39)56)58-36-14-12-13-34(28-36)54-32-55(42-18-7-6-17-41(42)54)35-29-48-51-49(30-35)60-47-22-11-9-20-44(47)57(51)43-19-8-10-21-46(43)59-48;/h4-27,29-30,32H,1-3H3;/q-3;. The predicted molar refractivity (Wildman–Crippen MR) is 246 cm³/mol. The monoisotopic (exact) mass is 1010 g/mol. The van der Waals surface area contributed by atoms with Crippen molar-refractivity contribution in [2.75, 3.05) is 14.7 Å². The van der Waals surface area contributed by atoms with Crippen LogP contribution < -0.4 is 19.4 Å². The molecule has 0 atom stereocenters. The molecule has 0 saturated carbocycles. The maximum Gasteiger partial charge on any atom is 0.135 e. The van der Waals surface area contributed by atoms with Crippen LogP contribution in [0.4, 0.5) is 39.8 Å². The van der Waals surface area contributed by atoms with Gasteiger partial charge in [-0.25, -0.2) is 4.98 Å². The number of ether oxygens (including phenoxy) is 1.